The third kappa shape index (κ3) is 2.58. The number of hydrogen-bond donors (Lipinski definition) is 1. The molecular formula is C17H23N3. The molecule has 3 heteroatoms. The predicted molar refractivity (Wildman–Crippen MR) is 82.7 cm³/mol. The van der Waals surface area contributed by atoms with E-state index in [0.29, 0.717) is 12.0 Å². The smallest absolute Gasteiger partial charge is 0.0953 e. The monoisotopic (exact) mass is 269 g/mol. The molecule has 1 unspecified atom stereocenters. The van der Waals surface area contributed by atoms with Gasteiger partial charge >= 0.3 is 0 Å². The average molecular weight is 269 g/mol. The van der Waals surface area contributed by atoms with E-state index in [1.165, 1.54) is 43.4 Å². The second-order valence-electron chi connectivity index (χ2n) is 5.90. The van der Waals surface area contributed by atoms with Crippen molar-refractivity contribution in [1.82, 2.24) is 9.55 Å². The van der Waals surface area contributed by atoms with E-state index >= 15 is 0 Å². The van der Waals surface area contributed by atoms with Crippen molar-refractivity contribution in [1.29, 1.82) is 0 Å². The summed E-state index contributed by atoms with van der Waals surface area (Å²) >= 11 is 0. The van der Waals surface area contributed by atoms with Crippen LogP contribution in [0, 0.1) is 0 Å². The van der Waals surface area contributed by atoms with Crippen molar-refractivity contribution in [2.24, 2.45) is 0 Å². The van der Waals surface area contributed by atoms with E-state index in [4.69, 9.17) is 5.73 Å². The lowest BCUT2D eigenvalue weighted by Gasteiger charge is -2.25. The van der Waals surface area contributed by atoms with Crippen molar-refractivity contribution in [3.63, 3.8) is 0 Å². The van der Waals surface area contributed by atoms with Crippen molar-refractivity contribution in [2.45, 2.75) is 51.0 Å². The van der Waals surface area contributed by atoms with Gasteiger partial charge in [0.1, 0.15) is 0 Å². The maximum Gasteiger partial charge on any atom is 0.0953 e. The van der Waals surface area contributed by atoms with E-state index in [9.17, 15) is 0 Å². The van der Waals surface area contributed by atoms with Crippen LogP contribution in [-0.2, 0) is 0 Å². The molecule has 3 nitrogen and oxygen atoms in total. The molecule has 0 radical (unpaired) electrons. The lowest BCUT2D eigenvalue weighted by atomic mass is 9.87. The molecule has 1 saturated carbocycles. The minimum atomic E-state index is 0.315. The molecule has 3 rings (SSSR count). The van der Waals surface area contributed by atoms with E-state index < -0.39 is 0 Å². The summed E-state index contributed by atoms with van der Waals surface area (Å²) in [7, 11) is 0. The van der Waals surface area contributed by atoms with Crippen LogP contribution in [0.5, 0.6) is 0 Å². The minimum absolute atomic E-state index is 0.315. The van der Waals surface area contributed by atoms with E-state index in [0.717, 1.165) is 5.69 Å². The molecule has 0 aliphatic heterocycles. The molecule has 1 aromatic carbocycles. The maximum atomic E-state index is 5.77. The van der Waals surface area contributed by atoms with Crippen LogP contribution in [-0.4, -0.2) is 9.55 Å². The number of nitrogens with zero attached hydrogens (tertiary/aromatic N) is 2. The van der Waals surface area contributed by atoms with Crippen LogP contribution in [0.2, 0.25) is 0 Å². The Kier molecular flexibility index (Phi) is 3.77. The lowest BCUT2D eigenvalue weighted by Crippen LogP contribution is -2.14. The highest BCUT2D eigenvalue weighted by Crippen LogP contribution is 2.34. The summed E-state index contributed by atoms with van der Waals surface area (Å²) in [5.74, 6) is 0.683. The molecule has 20 heavy (non-hydrogen) atoms. The summed E-state index contributed by atoms with van der Waals surface area (Å²) in [6.45, 7) is 2.24. The highest BCUT2D eigenvalue weighted by atomic mass is 15.1. The van der Waals surface area contributed by atoms with Crippen LogP contribution >= 0.6 is 0 Å². The van der Waals surface area contributed by atoms with Crippen LogP contribution in [0.4, 0.5) is 5.69 Å². The van der Waals surface area contributed by atoms with Gasteiger partial charge in [0, 0.05) is 23.5 Å². The summed E-state index contributed by atoms with van der Waals surface area (Å²) in [6.07, 6.45) is 10.7. The standard InChI is InChI=1S/C17H23N3/c1-13(14-7-9-16(18)10-8-14)20-12-19-11-17(20)15-5-3-2-4-6-15/h7-13,15H,2-6,18H2,1H3. The molecule has 0 amide bonds. The highest BCUT2D eigenvalue weighted by Gasteiger charge is 2.21. The first-order valence-corrected chi connectivity index (χ1v) is 7.63. The molecule has 0 bridgehead atoms. The van der Waals surface area contributed by atoms with Gasteiger partial charge < -0.3 is 10.3 Å². The molecule has 0 saturated heterocycles. The minimum Gasteiger partial charge on any atom is -0.399 e. The molecule has 1 heterocycles. The maximum absolute atomic E-state index is 5.77. The predicted octanol–water partition coefficient (Wildman–Crippen LogP) is 4.12. The molecule has 1 aliphatic carbocycles. The van der Waals surface area contributed by atoms with E-state index in [2.05, 4.69) is 34.8 Å². The lowest BCUT2D eigenvalue weighted by molar-refractivity contribution is 0.418. The molecule has 1 aliphatic rings. The van der Waals surface area contributed by atoms with Crippen LogP contribution in [0.3, 0.4) is 0 Å². The normalized spacial score (nSPS) is 18.1. The van der Waals surface area contributed by atoms with Gasteiger partial charge in [-0.25, -0.2) is 4.98 Å². The van der Waals surface area contributed by atoms with Gasteiger partial charge in [0.2, 0.25) is 0 Å². The Hall–Kier alpha value is -1.77. The van der Waals surface area contributed by atoms with Crippen LogP contribution in [0.15, 0.2) is 36.8 Å². The summed E-state index contributed by atoms with van der Waals surface area (Å²) in [5.41, 5.74) is 9.28. The SMILES string of the molecule is CC(c1ccc(N)cc1)n1cncc1C1CCCCC1. The van der Waals surface area contributed by atoms with Crippen molar-refractivity contribution in [2.75, 3.05) is 5.73 Å². The molecule has 2 aromatic rings. The zero-order chi connectivity index (χ0) is 13.9. The quantitative estimate of drug-likeness (QED) is 0.852. The fourth-order valence-electron chi connectivity index (χ4n) is 3.29. The number of imidazole rings is 1. The van der Waals surface area contributed by atoms with Crippen LogP contribution in [0.25, 0.3) is 0 Å². The van der Waals surface area contributed by atoms with Gasteiger partial charge in [-0.05, 0) is 37.5 Å². The highest BCUT2D eigenvalue weighted by molar-refractivity contribution is 5.40. The Morgan fingerprint density at radius 1 is 1.15 bits per heavy atom. The Balaban J connectivity index is 1.86. The second kappa shape index (κ2) is 5.70. The zero-order valence-corrected chi connectivity index (χ0v) is 12.1. The third-order valence-electron chi connectivity index (χ3n) is 4.56. The first-order valence-electron chi connectivity index (χ1n) is 7.63. The van der Waals surface area contributed by atoms with Gasteiger partial charge in [-0.1, -0.05) is 31.4 Å². The number of nitrogen functional groups attached to an aromatic ring is 1. The number of aromatic nitrogens is 2. The summed E-state index contributed by atoms with van der Waals surface area (Å²) in [6, 6.07) is 8.50. The number of benzene rings is 1. The third-order valence-corrected chi connectivity index (χ3v) is 4.56. The van der Waals surface area contributed by atoms with Gasteiger partial charge in [-0.3, -0.25) is 0 Å². The first kappa shape index (κ1) is 13.2. The largest absolute Gasteiger partial charge is 0.399 e. The van der Waals surface area contributed by atoms with Crippen molar-refractivity contribution in [3.8, 4) is 0 Å². The Morgan fingerprint density at radius 2 is 1.85 bits per heavy atom. The number of nitrogens with two attached hydrogens (primary N) is 1. The Labute approximate surface area is 120 Å². The van der Waals surface area contributed by atoms with Crippen LogP contribution < -0.4 is 5.73 Å². The van der Waals surface area contributed by atoms with E-state index in [-0.39, 0.29) is 0 Å². The molecule has 1 atom stereocenters. The molecule has 1 aromatic heterocycles. The summed E-state index contributed by atoms with van der Waals surface area (Å²) < 4.78 is 2.33. The van der Waals surface area contributed by atoms with E-state index in [1.807, 2.05) is 18.5 Å². The molecular weight excluding hydrogens is 246 g/mol. The second-order valence-corrected chi connectivity index (χ2v) is 5.90. The average Bonchev–Trinajstić information content (AvgIpc) is 2.97. The summed E-state index contributed by atoms with van der Waals surface area (Å²) in [5, 5.41) is 0. The zero-order valence-electron chi connectivity index (χ0n) is 12.1. The van der Waals surface area contributed by atoms with Crippen LogP contribution in [0.1, 0.15) is 62.2 Å². The Morgan fingerprint density at radius 3 is 2.55 bits per heavy atom. The molecule has 106 valence electrons. The van der Waals surface area contributed by atoms with Gasteiger partial charge in [-0.2, -0.15) is 0 Å². The fraction of sp³-hybridized carbons (Fsp3) is 0.471. The van der Waals surface area contributed by atoms with Gasteiger partial charge in [0.05, 0.1) is 12.4 Å². The number of anilines is 1. The summed E-state index contributed by atoms with van der Waals surface area (Å²) in [4.78, 5) is 4.40. The Bertz CT molecular complexity index is 550. The topological polar surface area (TPSA) is 43.8 Å². The van der Waals surface area contributed by atoms with E-state index in [1.54, 1.807) is 0 Å². The van der Waals surface area contributed by atoms with Gasteiger partial charge in [-0.15, -0.1) is 0 Å². The number of hydrogen-bond acceptors (Lipinski definition) is 2. The first-order chi connectivity index (χ1) is 9.75. The van der Waals surface area contributed by atoms with Crippen molar-refractivity contribution in [3.05, 3.63) is 48.0 Å². The fourth-order valence-corrected chi connectivity index (χ4v) is 3.29. The molecule has 0 spiro atoms. The molecule has 2 N–H and O–H groups in total. The van der Waals surface area contributed by atoms with Crippen molar-refractivity contribution < 1.29 is 0 Å². The van der Waals surface area contributed by atoms with Crippen molar-refractivity contribution >= 4 is 5.69 Å². The van der Waals surface area contributed by atoms with Gasteiger partial charge in [0.25, 0.3) is 0 Å². The molecule has 1 fully saturated rings. The van der Waals surface area contributed by atoms with Gasteiger partial charge in [0.15, 0.2) is 0 Å². The number of rotatable bonds is 3.